The van der Waals surface area contributed by atoms with Gasteiger partial charge in [0.1, 0.15) is 5.58 Å². The van der Waals surface area contributed by atoms with E-state index in [0.29, 0.717) is 0 Å². The highest BCUT2D eigenvalue weighted by Gasteiger charge is 2.07. The predicted octanol–water partition coefficient (Wildman–Crippen LogP) is 3.54. The lowest BCUT2D eigenvalue weighted by atomic mass is 10.1. The summed E-state index contributed by atoms with van der Waals surface area (Å²) in [6.07, 6.45) is 3.30. The molecule has 0 saturated carbocycles. The zero-order valence-electron chi connectivity index (χ0n) is 8.22. The molecule has 0 spiro atoms. The first-order valence-corrected chi connectivity index (χ1v) is 5.17. The molecule has 3 rings (SSSR count). The largest absolute Gasteiger partial charge is 0.464 e. The van der Waals surface area contributed by atoms with Crippen molar-refractivity contribution < 1.29 is 4.42 Å². The number of furan rings is 1. The van der Waals surface area contributed by atoms with E-state index in [9.17, 15) is 0 Å². The van der Waals surface area contributed by atoms with Crippen LogP contribution in [0.5, 0.6) is 0 Å². The summed E-state index contributed by atoms with van der Waals surface area (Å²) in [4.78, 5) is 8.02. The Balaban J connectivity index is 2.29. The van der Waals surface area contributed by atoms with Gasteiger partial charge in [0.05, 0.1) is 12.0 Å². The van der Waals surface area contributed by atoms with E-state index in [-0.39, 0.29) is 5.28 Å². The average molecular weight is 231 g/mol. The molecule has 0 aliphatic heterocycles. The Hall–Kier alpha value is -1.87. The van der Waals surface area contributed by atoms with Gasteiger partial charge in [-0.1, -0.05) is 12.1 Å². The van der Waals surface area contributed by atoms with Crippen molar-refractivity contribution in [2.24, 2.45) is 0 Å². The Labute approximate surface area is 96.7 Å². The first-order chi connectivity index (χ1) is 7.84. The molecule has 0 bridgehead atoms. The molecule has 3 nitrogen and oxygen atoms in total. The van der Waals surface area contributed by atoms with Crippen LogP contribution in [0.3, 0.4) is 0 Å². The highest BCUT2D eigenvalue weighted by atomic mass is 35.5. The van der Waals surface area contributed by atoms with E-state index in [2.05, 4.69) is 9.97 Å². The third-order valence-corrected chi connectivity index (χ3v) is 2.56. The lowest BCUT2D eigenvalue weighted by Gasteiger charge is -2.01. The minimum absolute atomic E-state index is 0.237. The Morgan fingerprint density at radius 1 is 1.12 bits per heavy atom. The van der Waals surface area contributed by atoms with Crippen LogP contribution in [0.25, 0.3) is 22.2 Å². The fourth-order valence-corrected chi connectivity index (χ4v) is 1.83. The van der Waals surface area contributed by atoms with Crippen molar-refractivity contribution in [1.82, 2.24) is 9.97 Å². The quantitative estimate of drug-likeness (QED) is 0.600. The van der Waals surface area contributed by atoms with Crippen LogP contribution in [-0.2, 0) is 0 Å². The van der Waals surface area contributed by atoms with Crippen molar-refractivity contribution in [3.63, 3.8) is 0 Å². The molecule has 16 heavy (non-hydrogen) atoms. The number of fused-ring (bicyclic) bond motifs is 1. The van der Waals surface area contributed by atoms with Crippen molar-refractivity contribution in [3.05, 3.63) is 48.1 Å². The van der Waals surface area contributed by atoms with Crippen LogP contribution in [0.2, 0.25) is 5.28 Å². The maximum atomic E-state index is 5.77. The number of hydrogen-bond donors (Lipinski definition) is 0. The molecule has 0 aliphatic carbocycles. The van der Waals surface area contributed by atoms with Gasteiger partial charge in [-0.3, -0.25) is 0 Å². The molecule has 1 aromatic carbocycles. The van der Waals surface area contributed by atoms with E-state index in [1.54, 1.807) is 12.5 Å². The van der Waals surface area contributed by atoms with Gasteiger partial charge in [-0.25, -0.2) is 9.97 Å². The number of halogens is 1. The number of hydrogen-bond acceptors (Lipinski definition) is 3. The smallest absolute Gasteiger partial charge is 0.222 e. The summed E-state index contributed by atoms with van der Waals surface area (Å²) in [7, 11) is 0. The highest BCUT2D eigenvalue weighted by Crippen LogP contribution is 2.28. The van der Waals surface area contributed by atoms with Crippen LogP contribution in [-0.4, -0.2) is 9.97 Å². The van der Waals surface area contributed by atoms with E-state index >= 15 is 0 Å². The van der Waals surface area contributed by atoms with Crippen molar-refractivity contribution in [2.45, 2.75) is 0 Å². The van der Waals surface area contributed by atoms with Crippen molar-refractivity contribution >= 4 is 22.6 Å². The Morgan fingerprint density at radius 3 is 2.94 bits per heavy atom. The van der Waals surface area contributed by atoms with Crippen LogP contribution in [0.15, 0.2) is 47.2 Å². The van der Waals surface area contributed by atoms with Gasteiger partial charge in [0.2, 0.25) is 5.28 Å². The molecule has 0 unspecified atom stereocenters. The van der Waals surface area contributed by atoms with Gasteiger partial charge in [-0.2, -0.15) is 0 Å². The molecule has 2 aromatic heterocycles. The standard InChI is InChI=1S/C12H7ClN2O/c13-12-14-6-4-10(15-12)9-3-1-2-8-5-7-16-11(8)9/h1-7H. The van der Waals surface area contributed by atoms with Crippen LogP contribution >= 0.6 is 11.6 Å². The second-order valence-corrected chi connectivity index (χ2v) is 3.69. The van der Waals surface area contributed by atoms with E-state index in [0.717, 1.165) is 22.2 Å². The molecule has 0 atom stereocenters. The van der Waals surface area contributed by atoms with Crippen molar-refractivity contribution in [3.8, 4) is 11.3 Å². The monoisotopic (exact) mass is 230 g/mol. The second-order valence-electron chi connectivity index (χ2n) is 3.36. The van der Waals surface area contributed by atoms with E-state index in [1.807, 2.05) is 30.3 Å². The minimum Gasteiger partial charge on any atom is -0.464 e. The van der Waals surface area contributed by atoms with E-state index < -0.39 is 0 Å². The lowest BCUT2D eigenvalue weighted by Crippen LogP contribution is -1.86. The summed E-state index contributed by atoms with van der Waals surface area (Å²) in [6.45, 7) is 0. The SMILES string of the molecule is Clc1nccc(-c2cccc3ccoc23)n1. The molecule has 0 amide bonds. The molecule has 3 aromatic rings. The molecule has 78 valence electrons. The number of nitrogens with zero attached hydrogens (tertiary/aromatic N) is 2. The topological polar surface area (TPSA) is 38.9 Å². The molecule has 0 aliphatic rings. The van der Waals surface area contributed by atoms with Gasteiger partial charge in [-0.15, -0.1) is 0 Å². The Kier molecular flexibility index (Phi) is 2.11. The lowest BCUT2D eigenvalue weighted by molar-refractivity contribution is 0.616. The zero-order chi connectivity index (χ0) is 11.0. The summed E-state index contributed by atoms with van der Waals surface area (Å²) in [5, 5.41) is 1.29. The molecule has 0 radical (unpaired) electrons. The van der Waals surface area contributed by atoms with Gasteiger partial charge >= 0.3 is 0 Å². The first kappa shape index (κ1) is 9.36. The number of benzene rings is 1. The average Bonchev–Trinajstić information content (AvgIpc) is 2.76. The van der Waals surface area contributed by atoms with Gasteiger partial charge in [0.15, 0.2) is 0 Å². The second kappa shape index (κ2) is 3.61. The summed E-state index contributed by atoms with van der Waals surface area (Å²) in [5.41, 5.74) is 2.50. The Bertz CT molecular complexity index is 648. The van der Waals surface area contributed by atoms with Gasteiger partial charge in [0.25, 0.3) is 0 Å². The summed E-state index contributed by atoms with van der Waals surface area (Å²) in [5.74, 6) is 0. The zero-order valence-corrected chi connectivity index (χ0v) is 8.98. The van der Waals surface area contributed by atoms with Crippen LogP contribution < -0.4 is 0 Å². The molecule has 0 N–H and O–H groups in total. The highest BCUT2D eigenvalue weighted by molar-refractivity contribution is 6.28. The maximum absolute atomic E-state index is 5.77. The number of rotatable bonds is 1. The third-order valence-electron chi connectivity index (χ3n) is 2.38. The molecular weight excluding hydrogens is 224 g/mol. The summed E-state index contributed by atoms with van der Waals surface area (Å²) < 4.78 is 5.44. The normalized spacial score (nSPS) is 10.8. The van der Waals surface area contributed by atoms with Gasteiger partial charge in [-0.05, 0) is 29.8 Å². The minimum atomic E-state index is 0.237. The van der Waals surface area contributed by atoms with Gasteiger partial charge < -0.3 is 4.42 Å². The molecular formula is C12H7ClN2O. The van der Waals surface area contributed by atoms with Crippen LogP contribution in [0.1, 0.15) is 0 Å². The summed E-state index contributed by atoms with van der Waals surface area (Å²) >= 11 is 5.77. The molecule has 0 saturated heterocycles. The van der Waals surface area contributed by atoms with Crippen LogP contribution in [0, 0.1) is 0 Å². The van der Waals surface area contributed by atoms with Crippen molar-refractivity contribution in [1.29, 1.82) is 0 Å². The van der Waals surface area contributed by atoms with Crippen LogP contribution in [0.4, 0.5) is 0 Å². The van der Waals surface area contributed by atoms with Crippen molar-refractivity contribution in [2.75, 3.05) is 0 Å². The van der Waals surface area contributed by atoms with E-state index in [4.69, 9.17) is 16.0 Å². The third kappa shape index (κ3) is 1.46. The summed E-state index contributed by atoms with van der Waals surface area (Å²) in [6, 6.07) is 9.63. The fourth-order valence-electron chi connectivity index (χ4n) is 1.68. The fraction of sp³-hybridized carbons (Fsp3) is 0. The number of aromatic nitrogens is 2. The van der Waals surface area contributed by atoms with E-state index in [1.165, 1.54) is 0 Å². The molecule has 2 heterocycles. The molecule has 0 fully saturated rings. The first-order valence-electron chi connectivity index (χ1n) is 4.80. The van der Waals surface area contributed by atoms with Gasteiger partial charge in [0, 0.05) is 17.1 Å². The predicted molar refractivity (Wildman–Crippen MR) is 62.3 cm³/mol. The number of para-hydroxylation sites is 1. The molecule has 4 heteroatoms. The maximum Gasteiger partial charge on any atom is 0.222 e. The Morgan fingerprint density at radius 2 is 2.06 bits per heavy atom.